The summed E-state index contributed by atoms with van der Waals surface area (Å²) in [5.74, 6) is 0.303. The Morgan fingerprint density at radius 2 is 1.88 bits per heavy atom. The van der Waals surface area contributed by atoms with Gasteiger partial charge in [-0.2, -0.15) is 0 Å². The molecular weight excluding hydrogens is 474 g/mol. The highest BCUT2D eigenvalue weighted by atomic mass is 79.9. The predicted molar refractivity (Wildman–Crippen MR) is 126 cm³/mol. The minimum atomic E-state index is -0.639. The first-order valence-electron chi connectivity index (χ1n) is 10.1. The van der Waals surface area contributed by atoms with Gasteiger partial charge in [-0.3, -0.25) is 9.55 Å². The van der Waals surface area contributed by atoms with Crippen molar-refractivity contribution in [2.24, 2.45) is 0 Å². The van der Waals surface area contributed by atoms with E-state index in [9.17, 15) is 4.79 Å². The summed E-state index contributed by atoms with van der Waals surface area (Å²) in [5, 5.41) is 0. The van der Waals surface area contributed by atoms with E-state index in [0.717, 1.165) is 11.1 Å². The van der Waals surface area contributed by atoms with Crippen LogP contribution in [0.5, 0.6) is 0 Å². The number of carbonyl (C=O) groups excluding carboxylic acids is 1. The lowest BCUT2D eigenvalue weighted by Crippen LogP contribution is -2.27. The molecule has 0 aliphatic heterocycles. The Kier molecular flexibility index (Phi) is 6.03. The van der Waals surface area contributed by atoms with Crippen LogP contribution >= 0.6 is 15.9 Å². The highest BCUT2D eigenvalue weighted by Crippen LogP contribution is 2.31. The second-order valence-corrected chi connectivity index (χ2v) is 9.06. The number of rotatable bonds is 5. The summed E-state index contributed by atoms with van der Waals surface area (Å²) in [7, 11) is 0. The molecule has 8 nitrogen and oxygen atoms in total. The first-order valence-corrected chi connectivity index (χ1v) is 10.9. The van der Waals surface area contributed by atoms with Crippen LogP contribution in [0.15, 0.2) is 59.3 Å². The van der Waals surface area contributed by atoms with Gasteiger partial charge in [0.05, 0.1) is 22.4 Å². The topological polar surface area (TPSA) is 97.2 Å². The van der Waals surface area contributed by atoms with Gasteiger partial charge in [-0.05, 0) is 60.5 Å². The zero-order valence-electron chi connectivity index (χ0n) is 18.1. The summed E-state index contributed by atoms with van der Waals surface area (Å²) in [5.41, 5.74) is 9.03. The van der Waals surface area contributed by atoms with Gasteiger partial charge in [-0.1, -0.05) is 30.3 Å². The first kappa shape index (κ1) is 22.0. The minimum Gasteiger partial charge on any atom is -0.443 e. The molecule has 0 atom stereocenters. The molecule has 3 aromatic heterocycles. The van der Waals surface area contributed by atoms with Gasteiger partial charge in [0, 0.05) is 6.20 Å². The van der Waals surface area contributed by atoms with E-state index in [1.165, 1.54) is 4.57 Å². The largest absolute Gasteiger partial charge is 0.443 e. The van der Waals surface area contributed by atoms with Gasteiger partial charge < -0.3 is 15.2 Å². The van der Waals surface area contributed by atoms with Gasteiger partial charge in [0.1, 0.15) is 23.5 Å². The number of carbonyl (C=O) groups is 1. The number of halogens is 1. The van der Waals surface area contributed by atoms with Gasteiger partial charge >= 0.3 is 6.09 Å². The SMILES string of the molecule is CC(C)(C)OC(=O)n1c(Br)ccc1-c1nccc2c1nc(N)n2COCc1ccccc1. The van der Waals surface area contributed by atoms with Crippen molar-refractivity contribution < 1.29 is 14.3 Å². The van der Waals surface area contributed by atoms with E-state index in [-0.39, 0.29) is 6.73 Å². The molecule has 0 radical (unpaired) electrons. The number of benzene rings is 1. The molecule has 4 rings (SSSR count). The molecule has 32 heavy (non-hydrogen) atoms. The molecule has 9 heteroatoms. The Balaban J connectivity index is 1.67. The maximum atomic E-state index is 12.8. The van der Waals surface area contributed by atoms with E-state index in [1.54, 1.807) is 22.9 Å². The van der Waals surface area contributed by atoms with Crippen molar-refractivity contribution in [1.29, 1.82) is 0 Å². The maximum absolute atomic E-state index is 12.8. The van der Waals surface area contributed by atoms with Gasteiger partial charge in [0.15, 0.2) is 0 Å². The lowest BCUT2D eigenvalue weighted by Gasteiger charge is -2.21. The third-order valence-corrected chi connectivity index (χ3v) is 5.30. The Morgan fingerprint density at radius 1 is 1.12 bits per heavy atom. The van der Waals surface area contributed by atoms with E-state index in [2.05, 4.69) is 25.9 Å². The van der Waals surface area contributed by atoms with Crippen LogP contribution in [0.25, 0.3) is 22.4 Å². The monoisotopic (exact) mass is 497 g/mol. The molecule has 3 heterocycles. The smallest absolute Gasteiger partial charge is 0.419 e. The highest BCUT2D eigenvalue weighted by molar-refractivity contribution is 9.10. The quantitative estimate of drug-likeness (QED) is 0.406. The van der Waals surface area contributed by atoms with Gasteiger partial charge in [-0.15, -0.1) is 0 Å². The number of hydrogen-bond acceptors (Lipinski definition) is 6. The Morgan fingerprint density at radius 3 is 2.59 bits per heavy atom. The Bertz CT molecular complexity index is 1260. The third-order valence-electron chi connectivity index (χ3n) is 4.68. The zero-order chi connectivity index (χ0) is 22.9. The molecule has 0 saturated carbocycles. The van der Waals surface area contributed by atoms with E-state index in [0.29, 0.717) is 34.1 Å². The summed E-state index contributed by atoms with van der Waals surface area (Å²) >= 11 is 3.43. The summed E-state index contributed by atoms with van der Waals surface area (Å²) in [4.78, 5) is 21.8. The molecule has 1 aromatic carbocycles. The van der Waals surface area contributed by atoms with Crippen molar-refractivity contribution in [2.75, 3.05) is 5.73 Å². The van der Waals surface area contributed by atoms with E-state index >= 15 is 0 Å². The minimum absolute atomic E-state index is 0.234. The molecular formula is C23H24BrN5O3. The lowest BCUT2D eigenvalue weighted by atomic mass is 10.2. The maximum Gasteiger partial charge on any atom is 0.419 e. The van der Waals surface area contributed by atoms with E-state index < -0.39 is 11.7 Å². The van der Waals surface area contributed by atoms with Gasteiger partial charge in [0.25, 0.3) is 0 Å². The van der Waals surface area contributed by atoms with Crippen LogP contribution < -0.4 is 5.73 Å². The Hall–Kier alpha value is -3.17. The van der Waals surface area contributed by atoms with Crippen LogP contribution in [0, 0.1) is 0 Å². The number of ether oxygens (including phenoxy) is 2. The summed E-state index contributed by atoms with van der Waals surface area (Å²) < 4.78 is 15.2. The van der Waals surface area contributed by atoms with E-state index in [1.807, 2.05) is 57.2 Å². The molecule has 166 valence electrons. The van der Waals surface area contributed by atoms with Crippen LogP contribution in [0.1, 0.15) is 26.3 Å². The molecule has 0 fully saturated rings. The number of pyridine rings is 1. The zero-order valence-corrected chi connectivity index (χ0v) is 19.7. The first-order chi connectivity index (χ1) is 15.2. The normalized spacial score (nSPS) is 11.8. The fourth-order valence-electron chi connectivity index (χ4n) is 3.31. The molecule has 0 aliphatic carbocycles. The van der Waals surface area contributed by atoms with Crippen molar-refractivity contribution in [2.45, 2.75) is 39.7 Å². The van der Waals surface area contributed by atoms with Crippen molar-refractivity contribution in [3.63, 3.8) is 0 Å². The van der Waals surface area contributed by atoms with Crippen molar-refractivity contribution in [3.8, 4) is 11.4 Å². The number of hydrogen-bond donors (Lipinski definition) is 1. The summed E-state index contributed by atoms with van der Waals surface area (Å²) in [6.07, 6.45) is 1.15. The molecule has 0 saturated heterocycles. The number of fused-ring (bicyclic) bond motifs is 1. The van der Waals surface area contributed by atoms with Crippen molar-refractivity contribution in [1.82, 2.24) is 19.1 Å². The lowest BCUT2D eigenvalue weighted by molar-refractivity contribution is 0.0536. The van der Waals surface area contributed by atoms with Crippen LogP contribution in [0.2, 0.25) is 0 Å². The predicted octanol–water partition coefficient (Wildman–Crippen LogP) is 5.20. The molecule has 0 spiro atoms. The van der Waals surface area contributed by atoms with Crippen molar-refractivity contribution >= 4 is 39.0 Å². The van der Waals surface area contributed by atoms with E-state index in [4.69, 9.17) is 15.2 Å². The van der Waals surface area contributed by atoms with Crippen molar-refractivity contribution in [3.05, 3.63) is 64.9 Å². The number of nitrogens with two attached hydrogens (primary N) is 1. The number of nitrogen functional groups attached to an aromatic ring is 1. The number of imidazole rings is 1. The fourth-order valence-corrected chi connectivity index (χ4v) is 3.78. The number of aromatic nitrogens is 4. The third kappa shape index (κ3) is 4.53. The molecule has 0 amide bonds. The van der Waals surface area contributed by atoms with Gasteiger partial charge in [-0.25, -0.2) is 14.3 Å². The summed E-state index contributed by atoms with van der Waals surface area (Å²) in [6, 6.07) is 15.3. The average Bonchev–Trinajstić information content (AvgIpc) is 3.27. The van der Waals surface area contributed by atoms with Crippen LogP contribution in [0.4, 0.5) is 10.7 Å². The number of anilines is 1. The van der Waals surface area contributed by atoms with Crippen LogP contribution in [-0.4, -0.2) is 30.8 Å². The molecule has 0 unspecified atom stereocenters. The average molecular weight is 498 g/mol. The number of nitrogens with zero attached hydrogens (tertiary/aromatic N) is 4. The second kappa shape index (κ2) is 8.76. The van der Waals surface area contributed by atoms with Crippen LogP contribution in [-0.2, 0) is 22.8 Å². The summed E-state index contributed by atoms with van der Waals surface area (Å²) in [6.45, 7) is 6.14. The Labute approximate surface area is 194 Å². The fraction of sp³-hybridized carbons (Fsp3) is 0.261. The standard InChI is InChI=1S/C23H24BrN5O3/c1-23(2,3)32-22(30)29-17(9-10-18(29)24)19-20-16(11-12-26-19)28(21(25)27-20)14-31-13-15-7-5-4-6-8-15/h4-12H,13-14H2,1-3H3,(H2,25,27). The van der Waals surface area contributed by atoms with Crippen LogP contribution in [0.3, 0.4) is 0 Å². The molecule has 0 aliphatic rings. The second-order valence-electron chi connectivity index (χ2n) is 8.25. The molecule has 0 bridgehead atoms. The highest BCUT2D eigenvalue weighted by Gasteiger charge is 2.24. The molecule has 2 N–H and O–H groups in total. The molecule has 4 aromatic rings. The van der Waals surface area contributed by atoms with Gasteiger partial charge in [0.2, 0.25) is 5.95 Å².